The molecular weight excluding hydrogens is 276 g/mol. The topological polar surface area (TPSA) is 77.8 Å². The van der Waals surface area contributed by atoms with E-state index in [1.54, 1.807) is 30.6 Å². The second-order valence-electron chi connectivity index (χ2n) is 4.35. The van der Waals surface area contributed by atoms with Crippen LogP contribution in [0.2, 0.25) is 5.02 Å². The van der Waals surface area contributed by atoms with E-state index in [-0.39, 0.29) is 0 Å². The summed E-state index contributed by atoms with van der Waals surface area (Å²) < 4.78 is 5.28. The van der Waals surface area contributed by atoms with Gasteiger partial charge in [0.2, 0.25) is 5.82 Å². The molecule has 2 aromatic heterocycles. The standard InChI is InChI=1S/C14H11ClN4O/c1-8-7-17-5-4-10(8)13-18-14(20-19-13)11-3-2-9(15)6-12(11)16/h2-7H,16H2,1H3. The zero-order chi connectivity index (χ0) is 14.1. The molecule has 0 saturated carbocycles. The minimum atomic E-state index is 0.366. The van der Waals surface area contributed by atoms with Crippen molar-refractivity contribution < 1.29 is 4.52 Å². The Morgan fingerprint density at radius 3 is 2.80 bits per heavy atom. The fraction of sp³-hybridized carbons (Fsp3) is 0.0714. The maximum Gasteiger partial charge on any atom is 0.260 e. The fourth-order valence-electron chi connectivity index (χ4n) is 1.89. The van der Waals surface area contributed by atoms with E-state index in [2.05, 4.69) is 15.1 Å². The number of halogens is 1. The Morgan fingerprint density at radius 2 is 2.05 bits per heavy atom. The predicted molar refractivity (Wildman–Crippen MR) is 77.1 cm³/mol. The smallest absolute Gasteiger partial charge is 0.260 e. The molecule has 0 atom stereocenters. The van der Waals surface area contributed by atoms with Crippen molar-refractivity contribution in [3.05, 3.63) is 47.2 Å². The normalized spacial score (nSPS) is 10.7. The molecular formula is C14H11ClN4O. The van der Waals surface area contributed by atoms with Gasteiger partial charge in [-0.1, -0.05) is 16.8 Å². The van der Waals surface area contributed by atoms with Crippen molar-refractivity contribution in [3.8, 4) is 22.8 Å². The molecule has 6 heteroatoms. The maximum atomic E-state index is 5.91. The Labute approximate surface area is 120 Å². The highest BCUT2D eigenvalue weighted by atomic mass is 35.5. The minimum Gasteiger partial charge on any atom is -0.398 e. The molecule has 2 N–H and O–H groups in total. The molecule has 0 bridgehead atoms. The molecule has 100 valence electrons. The van der Waals surface area contributed by atoms with E-state index in [1.165, 1.54) is 0 Å². The summed E-state index contributed by atoms with van der Waals surface area (Å²) in [5, 5.41) is 4.55. The molecule has 2 heterocycles. The summed E-state index contributed by atoms with van der Waals surface area (Å²) in [7, 11) is 0. The molecule has 0 spiro atoms. The van der Waals surface area contributed by atoms with Crippen LogP contribution in [0.25, 0.3) is 22.8 Å². The summed E-state index contributed by atoms with van der Waals surface area (Å²) in [5.74, 6) is 0.875. The molecule has 0 aliphatic rings. The van der Waals surface area contributed by atoms with Gasteiger partial charge in [0, 0.05) is 28.7 Å². The first-order chi connectivity index (χ1) is 9.65. The number of hydrogen-bond acceptors (Lipinski definition) is 5. The van der Waals surface area contributed by atoms with Crippen LogP contribution in [0, 0.1) is 6.92 Å². The lowest BCUT2D eigenvalue weighted by molar-refractivity contribution is 0.432. The Morgan fingerprint density at radius 1 is 1.20 bits per heavy atom. The molecule has 0 unspecified atom stereocenters. The van der Waals surface area contributed by atoms with Crippen molar-refractivity contribution in [1.82, 2.24) is 15.1 Å². The van der Waals surface area contributed by atoms with E-state index in [4.69, 9.17) is 21.9 Å². The van der Waals surface area contributed by atoms with Gasteiger partial charge in [-0.3, -0.25) is 4.98 Å². The van der Waals surface area contributed by atoms with E-state index in [0.29, 0.717) is 28.0 Å². The summed E-state index contributed by atoms with van der Waals surface area (Å²) in [6.45, 7) is 1.94. The fourth-order valence-corrected chi connectivity index (χ4v) is 2.08. The van der Waals surface area contributed by atoms with Crippen molar-refractivity contribution in [2.75, 3.05) is 5.73 Å². The molecule has 20 heavy (non-hydrogen) atoms. The highest BCUT2D eigenvalue weighted by Crippen LogP contribution is 2.29. The van der Waals surface area contributed by atoms with Crippen LogP contribution in [0.4, 0.5) is 5.69 Å². The second-order valence-corrected chi connectivity index (χ2v) is 4.78. The first kappa shape index (κ1) is 12.6. The van der Waals surface area contributed by atoms with Crippen LogP contribution in [0.15, 0.2) is 41.2 Å². The molecule has 3 rings (SSSR count). The average Bonchev–Trinajstić information content (AvgIpc) is 2.88. The third-order valence-corrected chi connectivity index (χ3v) is 3.17. The van der Waals surface area contributed by atoms with E-state index >= 15 is 0 Å². The number of rotatable bonds is 2. The van der Waals surface area contributed by atoms with E-state index in [1.807, 2.05) is 13.0 Å². The largest absolute Gasteiger partial charge is 0.398 e. The number of nitrogens with two attached hydrogens (primary N) is 1. The van der Waals surface area contributed by atoms with Crippen LogP contribution in [-0.4, -0.2) is 15.1 Å². The average molecular weight is 287 g/mol. The molecule has 0 saturated heterocycles. The van der Waals surface area contributed by atoms with Gasteiger partial charge >= 0.3 is 0 Å². The van der Waals surface area contributed by atoms with Crippen molar-refractivity contribution >= 4 is 17.3 Å². The molecule has 0 aliphatic heterocycles. The van der Waals surface area contributed by atoms with Gasteiger partial charge in [0.05, 0.1) is 5.56 Å². The Balaban J connectivity index is 2.04. The first-order valence-electron chi connectivity index (χ1n) is 5.95. The van der Waals surface area contributed by atoms with Crippen LogP contribution in [0.5, 0.6) is 0 Å². The zero-order valence-corrected chi connectivity index (χ0v) is 11.4. The summed E-state index contributed by atoms with van der Waals surface area (Å²) in [4.78, 5) is 8.41. The molecule has 0 aliphatic carbocycles. The molecule has 0 fully saturated rings. The summed E-state index contributed by atoms with van der Waals surface area (Å²) in [6, 6.07) is 6.98. The van der Waals surface area contributed by atoms with Crippen LogP contribution < -0.4 is 5.73 Å². The molecule has 0 amide bonds. The van der Waals surface area contributed by atoms with E-state index in [9.17, 15) is 0 Å². The van der Waals surface area contributed by atoms with Crippen molar-refractivity contribution in [2.45, 2.75) is 6.92 Å². The number of hydrogen-bond donors (Lipinski definition) is 1. The first-order valence-corrected chi connectivity index (χ1v) is 6.33. The van der Waals surface area contributed by atoms with Crippen molar-refractivity contribution in [1.29, 1.82) is 0 Å². The SMILES string of the molecule is Cc1cnccc1-c1noc(-c2ccc(Cl)cc2N)n1. The van der Waals surface area contributed by atoms with E-state index in [0.717, 1.165) is 11.1 Å². The predicted octanol–water partition coefficient (Wildman–Crippen LogP) is 3.34. The third-order valence-electron chi connectivity index (χ3n) is 2.93. The number of anilines is 1. The van der Waals surface area contributed by atoms with Gasteiger partial charge in [-0.2, -0.15) is 4.98 Å². The molecule has 5 nitrogen and oxygen atoms in total. The number of nitrogens with zero attached hydrogens (tertiary/aromatic N) is 3. The highest BCUT2D eigenvalue weighted by molar-refractivity contribution is 6.31. The number of aromatic nitrogens is 3. The molecule has 3 aromatic rings. The van der Waals surface area contributed by atoms with Gasteiger partial charge in [0.15, 0.2) is 0 Å². The van der Waals surface area contributed by atoms with Crippen LogP contribution >= 0.6 is 11.6 Å². The van der Waals surface area contributed by atoms with Crippen LogP contribution in [0.3, 0.4) is 0 Å². The van der Waals surface area contributed by atoms with Gasteiger partial charge in [0.1, 0.15) is 0 Å². The lowest BCUT2D eigenvalue weighted by Crippen LogP contribution is -1.90. The molecule has 0 radical (unpaired) electrons. The maximum absolute atomic E-state index is 5.91. The molecule has 1 aromatic carbocycles. The van der Waals surface area contributed by atoms with Gasteiger partial charge in [-0.05, 0) is 36.8 Å². The number of aryl methyl sites for hydroxylation is 1. The second kappa shape index (κ2) is 4.94. The summed E-state index contributed by atoms with van der Waals surface area (Å²) >= 11 is 5.87. The summed E-state index contributed by atoms with van der Waals surface area (Å²) in [5.41, 5.74) is 8.93. The van der Waals surface area contributed by atoms with Gasteiger partial charge < -0.3 is 10.3 Å². The monoisotopic (exact) mass is 286 g/mol. The van der Waals surface area contributed by atoms with Gasteiger partial charge in [-0.15, -0.1) is 0 Å². The van der Waals surface area contributed by atoms with Gasteiger partial charge in [0.25, 0.3) is 5.89 Å². The quantitative estimate of drug-likeness (QED) is 0.731. The summed E-state index contributed by atoms with van der Waals surface area (Å²) in [6.07, 6.45) is 3.44. The number of pyridine rings is 1. The Kier molecular flexibility index (Phi) is 3.12. The van der Waals surface area contributed by atoms with Crippen molar-refractivity contribution in [2.24, 2.45) is 0 Å². The lowest BCUT2D eigenvalue weighted by atomic mass is 10.1. The van der Waals surface area contributed by atoms with Gasteiger partial charge in [-0.25, -0.2) is 0 Å². The third kappa shape index (κ3) is 2.23. The number of benzene rings is 1. The highest BCUT2D eigenvalue weighted by Gasteiger charge is 2.14. The minimum absolute atomic E-state index is 0.366. The Hall–Kier alpha value is -2.40. The zero-order valence-electron chi connectivity index (χ0n) is 10.7. The van der Waals surface area contributed by atoms with Crippen LogP contribution in [0.1, 0.15) is 5.56 Å². The van der Waals surface area contributed by atoms with E-state index < -0.39 is 0 Å². The lowest BCUT2D eigenvalue weighted by Gasteiger charge is -2.00. The Bertz CT molecular complexity index is 769. The van der Waals surface area contributed by atoms with Crippen LogP contribution in [-0.2, 0) is 0 Å². The van der Waals surface area contributed by atoms with Crippen molar-refractivity contribution in [3.63, 3.8) is 0 Å². The number of nitrogen functional groups attached to an aromatic ring is 1.